The average Bonchev–Trinajstić information content (AvgIpc) is 2.04. The van der Waals surface area contributed by atoms with Crippen molar-refractivity contribution in [3.05, 3.63) is 14.4 Å². The quantitative estimate of drug-likeness (QED) is 0.688. The molecule has 1 heterocycles. The molecule has 0 N–H and O–H groups in total. The van der Waals surface area contributed by atoms with Gasteiger partial charge in [-0.2, -0.15) is 0 Å². The van der Waals surface area contributed by atoms with Gasteiger partial charge in [0.05, 0.1) is 6.73 Å². The molecule has 3 nitrogen and oxygen atoms in total. The molecular formula is C9H20N2OY-2. The van der Waals surface area contributed by atoms with E-state index in [4.69, 9.17) is 4.74 Å². The second kappa shape index (κ2) is 9.54. The number of likely N-dealkylation sites (N-methyl/N-ethyl adjacent to an activating group) is 1. The summed E-state index contributed by atoms with van der Waals surface area (Å²) in [5, 5.41) is 0. The number of hydrogen-bond acceptors (Lipinski definition) is 3. The molecule has 0 amide bonds. The van der Waals surface area contributed by atoms with E-state index < -0.39 is 0 Å². The third kappa shape index (κ3) is 6.98. The Hall–Kier alpha value is 0.984. The number of piperazine rings is 1. The Morgan fingerprint density at radius 1 is 1.23 bits per heavy atom. The van der Waals surface area contributed by atoms with Crippen molar-refractivity contribution in [3.63, 3.8) is 0 Å². The Morgan fingerprint density at radius 2 is 1.77 bits per heavy atom. The summed E-state index contributed by atoms with van der Waals surface area (Å²) in [6.07, 6.45) is 0. The summed E-state index contributed by atoms with van der Waals surface area (Å²) in [5.74, 6) is 0. The van der Waals surface area contributed by atoms with E-state index in [1.165, 1.54) is 0 Å². The largest absolute Gasteiger partial charge is 0.398 e. The van der Waals surface area contributed by atoms with E-state index in [1.54, 1.807) is 0 Å². The second-order valence-electron chi connectivity index (χ2n) is 2.96. The van der Waals surface area contributed by atoms with Gasteiger partial charge in [-0.1, -0.05) is 6.61 Å². The van der Waals surface area contributed by atoms with Gasteiger partial charge in [0.25, 0.3) is 0 Å². The number of nitrogens with zero attached hydrogens (tertiary/aromatic N) is 2. The van der Waals surface area contributed by atoms with Gasteiger partial charge in [0, 0.05) is 58.9 Å². The summed E-state index contributed by atoms with van der Waals surface area (Å²) in [6, 6.07) is 0. The van der Waals surface area contributed by atoms with Crippen molar-refractivity contribution in [2.45, 2.75) is 0 Å². The average molecular weight is 261 g/mol. The van der Waals surface area contributed by atoms with E-state index in [-0.39, 0.29) is 40.1 Å². The van der Waals surface area contributed by atoms with Gasteiger partial charge in [-0.15, -0.1) is 0 Å². The minimum Gasteiger partial charge on any atom is -0.398 e. The van der Waals surface area contributed by atoms with Crippen LogP contribution in [0.5, 0.6) is 0 Å². The molecule has 1 rings (SSSR count). The monoisotopic (exact) mass is 261 g/mol. The molecule has 0 atom stereocenters. The molecule has 1 saturated heterocycles. The first kappa shape index (κ1) is 16.4. The summed E-state index contributed by atoms with van der Waals surface area (Å²) in [4.78, 5) is 4.64. The SMILES string of the molecule is [CH2-]COCN1CCN(C)CC1.[CH3-].[Y]. The van der Waals surface area contributed by atoms with E-state index in [2.05, 4.69) is 23.8 Å². The van der Waals surface area contributed by atoms with Crippen LogP contribution in [-0.4, -0.2) is 56.4 Å². The second-order valence-corrected chi connectivity index (χ2v) is 2.96. The molecule has 0 aromatic heterocycles. The minimum absolute atomic E-state index is 0. The molecule has 0 spiro atoms. The number of hydrogen-bond donors (Lipinski definition) is 0. The zero-order valence-electron chi connectivity index (χ0n) is 8.83. The van der Waals surface area contributed by atoms with E-state index in [9.17, 15) is 0 Å². The third-order valence-corrected chi connectivity index (χ3v) is 2.01. The van der Waals surface area contributed by atoms with Gasteiger partial charge in [-0.25, -0.2) is 0 Å². The molecule has 0 saturated carbocycles. The standard InChI is InChI=1S/C8H17N2O.CH3.Y/c1-3-11-8-10-6-4-9(2)5-7-10;;/h1,3-8H2,2H3;1H3;/q2*-1;. The first-order valence-electron chi connectivity index (χ1n) is 4.11. The van der Waals surface area contributed by atoms with Gasteiger partial charge in [0.15, 0.2) is 0 Å². The molecule has 77 valence electrons. The molecule has 0 aliphatic carbocycles. The van der Waals surface area contributed by atoms with Crippen LogP contribution >= 0.6 is 0 Å². The molecule has 0 aromatic rings. The van der Waals surface area contributed by atoms with E-state index in [0.717, 1.165) is 32.9 Å². The van der Waals surface area contributed by atoms with Crippen LogP contribution in [0.15, 0.2) is 0 Å². The van der Waals surface area contributed by atoms with E-state index in [1.807, 2.05) is 0 Å². The summed E-state index contributed by atoms with van der Waals surface area (Å²) < 4.78 is 5.20. The molecule has 1 radical (unpaired) electrons. The van der Waals surface area contributed by atoms with Crippen molar-refractivity contribution in [2.24, 2.45) is 0 Å². The minimum atomic E-state index is 0. The van der Waals surface area contributed by atoms with E-state index in [0.29, 0.717) is 6.61 Å². The number of ether oxygens (including phenoxy) is 1. The molecular weight excluding hydrogens is 241 g/mol. The molecule has 1 aliphatic rings. The summed E-state index contributed by atoms with van der Waals surface area (Å²) in [5.41, 5.74) is 0. The molecule has 0 unspecified atom stereocenters. The summed E-state index contributed by atoms with van der Waals surface area (Å²) in [7, 11) is 2.15. The van der Waals surface area contributed by atoms with E-state index >= 15 is 0 Å². The van der Waals surface area contributed by atoms with Crippen LogP contribution in [0.4, 0.5) is 0 Å². The Balaban J connectivity index is 0. The van der Waals surface area contributed by atoms with Crippen molar-refractivity contribution in [1.29, 1.82) is 0 Å². The van der Waals surface area contributed by atoms with Crippen molar-refractivity contribution in [3.8, 4) is 0 Å². The molecule has 4 heteroatoms. The van der Waals surface area contributed by atoms with Gasteiger partial charge in [0.2, 0.25) is 0 Å². The maximum absolute atomic E-state index is 5.20. The molecule has 0 aromatic carbocycles. The van der Waals surface area contributed by atoms with Gasteiger partial charge in [-0.3, -0.25) is 4.90 Å². The summed E-state index contributed by atoms with van der Waals surface area (Å²) >= 11 is 0. The third-order valence-electron chi connectivity index (χ3n) is 2.01. The van der Waals surface area contributed by atoms with Crippen molar-refractivity contribution in [1.82, 2.24) is 9.80 Å². The maximum atomic E-state index is 5.20. The van der Waals surface area contributed by atoms with Gasteiger partial charge in [-0.05, 0) is 7.05 Å². The van der Waals surface area contributed by atoms with Gasteiger partial charge in [0.1, 0.15) is 0 Å². The van der Waals surface area contributed by atoms with Crippen LogP contribution in [0.3, 0.4) is 0 Å². The van der Waals surface area contributed by atoms with Gasteiger partial charge >= 0.3 is 0 Å². The Bertz CT molecular complexity index is 103. The zero-order chi connectivity index (χ0) is 8.10. The maximum Gasteiger partial charge on any atom is 0.0955 e. The van der Waals surface area contributed by atoms with Gasteiger partial charge < -0.3 is 24.0 Å². The molecule has 1 aliphatic heterocycles. The zero-order valence-corrected chi connectivity index (χ0v) is 11.7. The Morgan fingerprint density at radius 3 is 2.23 bits per heavy atom. The molecule has 0 bridgehead atoms. The van der Waals surface area contributed by atoms with Crippen LogP contribution in [-0.2, 0) is 37.4 Å². The fourth-order valence-corrected chi connectivity index (χ4v) is 1.17. The fraction of sp³-hybridized carbons (Fsp3) is 0.778. The number of rotatable bonds is 3. The van der Waals surface area contributed by atoms with Crippen LogP contribution < -0.4 is 0 Å². The first-order chi connectivity index (χ1) is 5.33. The predicted molar refractivity (Wildman–Crippen MR) is 51.7 cm³/mol. The van der Waals surface area contributed by atoms with Crippen LogP contribution in [0.1, 0.15) is 0 Å². The molecule has 13 heavy (non-hydrogen) atoms. The van der Waals surface area contributed by atoms with Crippen molar-refractivity contribution >= 4 is 0 Å². The van der Waals surface area contributed by atoms with Crippen LogP contribution in [0.2, 0.25) is 0 Å². The van der Waals surface area contributed by atoms with Crippen LogP contribution in [0.25, 0.3) is 0 Å². The Kier molecular flexibility index (Phi) is 12.0. The first-order valence-corrected chi connectivity index (χ1v) is 4.11. The Labute approximate surface area is 108 Å². The molecule has 1 fully saturated rings. The smallest absolute Gasteiger partial charge is 0.0955 e. The summed E-state index contributed by atoms with van der Waals surface area (Å²) in [6.45, 7) is 9.50. The predicted octanol–water partition coefficient (Wildman–Crippen LogP) is 0.490. The van der Waals surface area contributed by atoms with Crippen molar-refractivity contribution in [2.75, 3.05) is 46.6 Å². The topological polar surface area (TPSA) is 15.7 Å². The fourth-order valence-electron chi connectivity index (χ4n) is 1.17. The van der Waals surface area contributed by atoms with Crippen LogP contribution in [0, 0.1) is 14.4 Å². The normalized spacial score (nSPS) is 18.9. The van der Waals surface area contributed by atoms with Crippen molar-refractivity contribution < 1.29 is 37.4 Å².